The number of carbonyl (C=O) groups is 3. The first-order valence-electron chi connectivity index (χ1n) is 9.35. The van der Waals surface area contributed by atoms with Crippen LogP contribution in [0.4, 0.5) is 0 Å². The summed E-state index contributed by atoms with van der Waals surface area (Å²) in [4.78, 5) is 38.3. The maximum Gasteiger partial charge on any atom is 0.308 e. The number of hydrogen-bond acceptors (Lipinski definition) is 3. The lowest BCUT2D eigenvalue weighted by Gasteiger charge is -2.33. The van der Waals surface area contributed by atoms with Crippen molar-refractivity contribution in [2.45, 2.75) is 45.1 Å². The highest BCUT2D eigenvalue weighted by atomic mass is 16.4. The molecule has 0 spiro atoms. The Balaban J connectivity index is 1.60. The molecule has 0 bridgehead atoms. The second kappa shape index (κ2) is 7.89. The van der Waals surface area contributed by atoms with Crippen LogP contribution in [0.25, 0.3) is 0 Å². The van der Waals surface area contributed by atoms with Gasteiger partial charge in [0.1, 0.15) is 0 Å². The van der Waals surface area contributed by atoms with E-state index in [4.69, 9.17) is 0 Å². The van der Waals surface area contributed by atoms with Gasteiger partial charge in [-0.25, -0.2) is 0 Å². The van der Waals surface area contributed by atoms with E-state index in [0.29, 0.717) is 31.5 Å². The predicted molar refractivity (Wildman–Crippen MR) is 96.7 cm³/mol. The Hall–Kier alpha value is -2.37. The summed E-state index contributed by atoms with van der Waals surface area (Å²) in [6.07, 6.45) is 3.66. The summed E-state index contributed by atoms with van der Waals surface area (Å²) in [5.41, 5.74) is 1.74. The molecule has 1 saturated carbocycles. The van der Waals surface area contributed by atoms with Crippen molar-refractivity contribution in [2.75, 3.05) is 13.1 Å². The molecule has 3 rings (SSSR count). The highest BCUT2D eigenvalue weighted by Crippen LogP contribution is 2.27. The second-order valence-electron chi connectivity index (χ2n) is 7.45. The van der Waals surface area contributed by atoms with Gasteiger partial charge in [0.15, 0.2) is 0 Å². The summed E-state index contributed by atoms with van der Waals surface area (Å²) >= 11 is 0. The third-order valence-electron chi connectivity index (χ3n) is 5.54. The van der Waals surface area contributed by atoms with Gasteiger partial charge in [0, 0.05) is 24.7 Å². The first kappa shape index (κ1) is 18.4. The third-order valence-corrected chi connectivity index (χ3v) is 5.54. The molecular formula is C20H26N2O4. The molecule has 1 aromatic carbocycles. The Labute approximate surface area is 153 Å². The molecule has 2 amide bonds. The normalized spacial score (nSPS) is 25.7. The van der Waals surface area contributed by atoms with Gasteiger partial charge in [-0.2, -0.15) is 0 Å². The van der Waals surface area contributed by atoms with E-state index in [1.54, 1.807) is 4.90 Å². The molecule has 1 aliphatic carbocycles. The minimum absolute atomic E-state index is 0.0493. The van der Waals surface area contributed by atoms with Gasteiger partial charge in [0.2, 0.25) is 5.91 Å². The fourth-order valence-electron chi connectivity index (χ4n) is 3.98. The van der Waals surface area contributed by atoms with Gasteiger partial charge in [-0.15, -0.1) is 0 Å². The summed E-state index contributed by atoms with van der Waals surface area (Å²) in [7, 11) is 0. The number of carbonyl (C=O) groups excluding carboxylic acids is 2. The highest BCUT2D eigenvalue weighted by molar-refractivity contribution is 5.94. The molecule has 1 saturated heterocycles. The molecule has 3 atom stereocenters. The van der Waals surface area contributed by atoms with Crippen LogP contribution < -0.4 is 5.32 Å². The van der Waals surface area contributed by atoms with Gasteiger partial charge in [0.25, 0.3) is 5.91 Å². The maximum absolute atomic E-state index is 12.7. The fourth-order valence-corrected chi connectivity index (χ4v) is 3.98. The van der Waals surface area contributed by atoms with Crippen LogP contribution in [0.15, 0.2) is 24.3 Å². The van der Waals surface area contributed by atoms with E-state index < -0.39 is 11.9 Å². The van der Waals surface area contributed by atoms with E-state index >= 15 is 0 Å². The molecule has 140 valence electrons. The number of benzene rings is 1. The summed E-state index contributed by atoms with van der Waals surface area (Å²) in [6.45, 7) is 3.02. The van der Waals surface area contributed by atoms with Gasteiger partial charge in [-0.05, 0) is 44.7 Å². The highest BCUT2D eigenvalue weighted by Gasteiger charge is 2.36. The molecule has 0 aromatic heterocycles. The zero-order valence-corrected chi connectivity index (χ0v) is 15.1. The number of hydrogen-bond donors (Lipinski definition) is 2. The Morgan fingerprint density at radius 2 is 1.81 bits per heavy atom. The van der Waals surface area contributed by atoms with E-state index in [2.05, 4.69) is 5.32 Å². The Bertz CT molecular complexity index is 686. The van der Waals surface area contributed by atoms with E-state index in [0.717, 1.165) is 24.8 Å². The second-order valence-corrected chi connectivity index (χ2v) is 7.45. The number of nitrogens with zero attached hydrogens (tertiary/aromatic N) is 1. The van der Waals surface area contributed by atoms with Crippen LogP contribution >= 0.6 is 0 Å². The molecule has 26 heavy (non-hydrogen) atoms. The van der Waals surface area contributed by atoms with E-state index in [-0.39, 0.29) is 23.8 Å². The molecule has 6 nitrogen and oxygen atoms in total. The van der Waals surface area contributed by atoms with Crippen molar-refractivity contribution in [3.8, 4) is 0 Å². The van der Waals surface area contributed by atoms with Gasteiger partial charge < -0.3 is 15.3 Å². The lowest BCUT2D eigenvalue weighted by Crippen LogP contribution is -2.49. The molecule has 2 aliphatic rings. The quantitative estimate of drug-likeness (QED) is 0.864. The van der Waals surface area contributed by atoms with Crippen molar-refractivity contribution >= 4 is 17.8 Å². The first-order valence-corrected chi connectivity index (χ1v) is 9.35. The van der Waals surface area contributed by atoms with Crippen molar-refractivity contribution in [1.29, 1.82) is 0 Å². The summed E-state index contributed by atoms with van der Waals surface area (Å²) in [6, 6.07) is 7.17. The number of likely N-dealkylation sites (tertiary alicyclic amines) is 1. The maximum atomic E-state index is 12.7. The van der Waals surface area contributed by atoms with Gasteiger partial charge >= 0.3 is 5.97 Å². The Morgan fingerprint density at radius 3 is 2.50 bits per heavy atom. The number of aryl methyl sites for hydroxylation is 1. The van der Waals surface area contributed by atoms with E-state index in [9.17, 15) is 19.5 Å². The Kier molecular flexibility index (Phi) is 5.59. The van der Waals surface area contributed by atoms with Crippen molar-refractivity contribution in [1.82, 2.24) is 10.2 Å². The molecule has 0 radical (unpaired) electrons. The number of rotatable bonds is 4. The molecule has 1 unspecified atom stereocenters. The largest absolute Gasteiger partial charge is 0.481 e. The monoisotopic (exact) mass is 358 g/mol. The van der Waals surface area contributed by atoms with Crippen molar-refractivity contribution < 1.29 is 19.5 Å². The van der Waals surface area contributed by atoms with Gasteiger partial charge in [-0.3, -0.25) is 14.4 Å². The molecule has 2 N–H and O–H groups in total. The van der Waals surface area contributed by atoms with Crippen LogP contribution in [0.2, 0.25) is 0 Å². The van der Waals surface area contributed by atoms with E-state index in [1.807, 2.05) is 31.2 Å². The lowest BCUT2D eigenvalue weighted by atomic mass is 9.95. The SMILES string of the molecule is Cc1ccc(C(=O)N2CCCC(C(=O)N[C@@H]3CCC[C@@H]3C(=O)O)C2)cc1. The molecule has 2 fully saturated rings. The number of piperidine rings is 1. The number of amides is 2. The Morgan fingerprint density at radius 1 is 1.08 bits per heavy atom. The first-order chi connectivity index (χ1) is 12.5. The topological polar surface area (TPSA) is 86.7 Å². The number of aliphatic carboxylic acids is 1. The predicted octanol–water partition coefficient (Wildman–Crippen LogP) is 2.22. The van der Waals surface area contributed by atoms with Crippen molar-refractivity contribution in [3.05, 3.63) is 35.4 Å². The number of carboxylic acid groups (broad SMARTS) is 1. The zero-order chi connectivity index (χ0) is 18.7. The van der Waals surface area contributed by atoms with Crippen LogP contribution in [0.5, 0.6) is 0 Å². The van der Waals surface area contributed by atoms with Crippen LogP contribution in [0, 0.1) is 18.8 Å². The number of carboxylic acids is 1. The van der Waals surface area contributed by atoms with Crippen LogP contribution in [-0.2, 0) is 9.59 Å². The zero-order valence-electron chi connectivity index (χ0n) is 15.1. The molecular weight excluding hydrogens is 332 g/mol. The van der Waals surface area contributed by atoms with E-state index in [1.165, 1.54) is 0 Å². The molecule has 1 aromatic rings. The molecule has 6 heteroatoms. The van der Waals surface area contributed by atoms with Crippen LogP contribution in [-0.4, -0.2) is 46.9 Å². The van der Waals surface area contributed by atoms with Crippen molar-refractivity contribution in [2.24, 2.45) is 11.8 Å². The minimum atomic E-state index is -0.840. The number of nitrogens with one attached hydrogen (secondary N) is 1. The van der Waals surface area contributed by atoms with Crippen molar-refractivity contribution in [3.63, 3.8) is 0 Å². The standard InChI is InChI=1S/C20H26N2O4/c1-13-7-9-14(10-8-13)19(24)22-11-3-4-15(12-22)18(23)21-17-6-2-5-16(17)20(25)26/h7-10,15-17H,2-6,11-12H2,1H3,(H,21,23)(H,25,26)/t15?,16-,17+/m0/s1. The fraction of sp³-hybridized carbons (Fsp3) is 0.550. The smallest absolute Gasteiger partial charge is 0.308 e. The molecule has 1 aliphatic heterocycles. The summed E-state index contributed by atoms with van der Waals surface area (Å²) < 4.78 is 0. The van der Waals surface area contributed by atoms with Gasteiger partial charge in [0.05, 0.1) is 11.8 Å². The minimum Gasteiger partial charge on any atom is -0.481 e. The average Bonchev–Trinajstić information content (AvgIpc) is 3.10. The summed E-state index contributed by atoms with van der Waals surface area (Å²) in [5.74, 6) is -1.77. The summed E-state index contributed by atoms with van der Waals surface area (Å²) in [5, 5.41) is 12.2. The van der Waals surface area contributed by atoms with Crippen LogP contribution in [0.1, 0.15) is 48.0 Å². The lowest BCUT2D eigenvalue weighted by molar-refractivity contribution is -0.142. The average molecular weight is 358 g/mol. The van der Waals surface area contributed by atoms with Crippen LogP contribution in [0.3, 0.4) is 0 Å². The van der Waals surface area contributed by atoms with Gasteiger partial charge in [-0.1, -0.05) is 24.1 Å². The molecule has 1 heterocycles. The third kappa shape index (κ3) is 4.06.